The fourth-order valence-corrected chi connectivity index (χ4v) is 3.06. The van der Waals surface area contributed by atoms with E-state index in [2.05, 4.69) is 12.6 Å². The lowest BCUT2D eigenvalue weighted by Crippen LogP contribution is -1.82. The zero-order chi connectivity index (χ0) is 8.72. The molecule has 0 nitrogen and oxygen atoms in total. The molecule has 2 aromatic rings. The molecule has 0 N–H and O–H groups in total. The summed E-state index contributed by atoms with van der Waals surface area (Å²) in [5, 5.41) is 2.91. The lowest BCUT2D eigenvalue weighted by molar-refractivity contribution is 0.620. The van der Waals surface area contributed by atoms with Crippen LogP contribution in [0.3, 0.4) is 0 Å². The zero-order valence-corrected chi connectivity index (χ0v) is 9.71. The second-order valence-electron chi connectivity index (χ2n) is 2.35. The van der Waals surface area contributed by atoms with E-state index in [0.717, 1.165) is 15.0 Å². The van der Waals surface area contributed by atoms with Crippen molar-refractivity contribution in [3.8, 4) is 0 Å². The molecule has 1 heterocycles. The molecular formula is C8H4FIS2. The highest BCUT2D eigenvalue weighted by atomic mass is 127. The maximum Gasteiger partial charge on any atom is 0.138 e. The number of thiophene rings is 1. The molecule has 0 atom stereocenters. The van der Waals surface area contributed by atoms with Gasteiger partial charge in [0.15, 0.2) is 0 Å². The summed E-state index contributed by atoms with van der Waals surface area (Å²) in [4.78, 5) is 0.720. The topological polar surface area (TPSA) is 0 Å². The zero-order valence-electron chi connectivity index (χ0n) is 5.84. The lowest BCUT2D eigenvalue weighted by Gasteiger charge is -1.99. The largest absolute Gasteiger partial charge is 0.206 e. The molecule has 4 heteroatoms. The fraction of sp³-hybridized carbons (Fsp3) is 0. The van der Waals surface area contributed by atoms with Gasteiger partial charge in [-0.1, -0.05) is 0 Å². The third kappa shape index (κ3) is 1.25. The van der Waals surface area contributed by atoms with Crippen LogP contribution in [0.4, 0.5) is 4.39 Å². The van der Waals surface area contributed by atoms with Crippen LogP contribution in [0, 0.1) is 9.39 Å². The van der Waals surface area contributed by atoms with Crippen molar-refractivity contribution in [2.75, 3.05) is 0 Å². The Morgan fingerprint density at radius 2 is 2.25 bits per heavy atom. The van der Waals surface area contributed by atoms with Crippen LogP contribution in [0.1, 0.15) is 0 Å². The van der Waals surface area contributed by atoms with Crippen LogP contribution >= 0.6 is 46.6 Å². The summed E-state index contributed by atoms with van der Waals surface area (Å²) in [6.07, 6.45) is 0. The molecule has 0 aliphatic heterocycles. The Hall–Kier alpha value is 0.190. The first kappa shape index (κ1) is 8.77. The molecule has 0 spiro atoms. The molecule has 0 amide bonds. The predicted molar refractivity (Wildman–Crippen MR) is 61.8 cm³/mol. The maximum absolute atomic E-state index is 13.1. The standard InChI is InChI=1S/C8H4FIS2/c9-5-3-6(11)8-4(7(5)10)1-2-12-8/h1-3,11H. The average molecular weight is 310 g/mol. The van der Waals surface area contributed by atoms with Gasteiger partial charge in [-0.05, 0) is 40.1 Å². The second-order valence-corrected chi connectivity index (χ2v) is 4.83. The first-order chi connectivity index (χ1) is 5.70. The molecule has 0 fully saturated rings. The van der Waals surface area contributed by atoms with Crippen molar-refractivity contribution in [1.29, 1.82) is 0 Å². The van der Waals surface area contributed by atoms with Crippen molar-refractivity contribution in [1.82, 2.24) is 0 Å². The Balaban J connectivity index is 2.97. The van der Waals surface area contributed by atoms with Gasteiger partial charge in [-0.15, -0.1) is 24.0 Å². The van der Waals surface area contributed by atoms with Crippen LogP contribution in [0.2, 0.25) is 0 Å². The van der Waals surface area contributed by atoms with Crippen LogP contribution in [0.25, 0.3) is 10.1 Å². The Morgan fingerprint density at radius 1 is 1.50 bits per heavy atom. The van der Waals surface area contributed by atoms with E-state index < -0.39 is 0 Å². The number of thiol groups is 1. The molecule has 62 valence electrons. The summed E-state index contributed by atoms with van der Waals surface area (Å²) in [6, 6.07) is 3.38. The van der Waals surface area contributed by atoms with Gasteiger partial charge in [-0.3, -0.25) is 0 Å². The second kappa shape index (κ2) is 3.16. The van der Waals surface area contributed by atoms with Gasteiger partial charge in [0.1, 0.15) is 5.82 Å². The van der Waals surface area contributed by atoms with Gasteiger partial charge >= 0.3 is 0 Å². The number of rotatable bonds is 0. The van der Waals surface area contributed by atoms with Gasteiger partial charge in [0.05, 0.1) is 3.57 Å². The molecule has 1 aromatic carbocycles. The molecule has 0 aliphatic carbocycles. The first-order valence-corrected chi connectivity index (χ1v) is 5.65. The minimum atomic E-state index is -0.188. The number of benzene rings is 1. The molecule has 12 heavy (non-hydrogen) atoms. The minimum Gasteiger partial charge on any atom is -0.206 e. The lowest BCUT2D eigenvalue weighted by atomic mass is 10.2. The van der Waals surface area contributed by atoms with Gasteiger partial charge < -0.3 is 0 Å². The SMILES string of the molecule is Fc1cc(S)c2sccc2c1I. The van der Waals surface area contributed by atoms with Crippen molar-refractivity contribution >= 4 is 56.6 Å². The molecule has 1 aromatic heterocycles. The highest BCUT2D eigenvalue weighted by Gasteiger charge is 2.08. The van der Waals surface area contributed by atoms with Crippen LogP contribution in [-0.4, -0.2) is 0 Å². The Bertz CT molecular complexity index is 436. The van der Waals surface area contributed by atoms with Gasteiger partial charge in [0.25, 0.3) is 0 Å². The van der Waals surface area contributed by atoms with Gasteiger partial charge in [-0.2, -0.15) is 0 Å². The normalized spacial score (nSPS) is 10.9. The predicted octanol–water partition coefficient (Wildman–Crippen LogP) is 3.93. The number of hydrogen-bond acceptors (Lipinski definition) is 2. The van der Waals surface area contributed by atoms with Crippen LogP contribution in [-0.2, 0) is 0 Å². The molecule has 0 saturated carbocycles. The average Bonchev–Trinajstić information content (AvgIpc) is 2.48. The molecule has 2 rings (SSSR count). The van der Waals surface area contributed by atoms with E-state index in [1.165, 1.54) is 6.07 Å². The third-order valence-corrected chi connectivity index (χ3v) is 4.16. The fourth-order valence-electron chi connectivity index (χ4n) is 1.06. The van der Waals surface area contributed by atoms with E-state index >= 15 is 0 Å². The third-order valence-electron chi connectivity index (χ3n) is 1.61. The number of hydrogen-bond donors (Lipinski definition) is 1. The van der Waals surface area contributed by atoms with Crippen LogP contribution in [0.15, 0.2) is 22.4 Å². The van der Waals surface area contributed by atoms with Crippen molar-refractivity contribution in [3.63, 3.8) is 0 Å². The molecule has 0 aliphatic rings. The first-order valence-electron chi connectivity index (χ1n) is 3.24. The van der Waals surface area contributed by atoms with Crippen molar-refractivity contribution in [3.05, 3.63) is 26.9 Å². The Labute approximate surface area is 92.3 Å². The summed E-state index contributed by atoms with van der Waals surface area (Å²) in [5.41, 5.74) is 0. The smallest absolute Gasteiger partial charge is 0.138 e. The number of halogens is 2. The summed E-state index contributed by atoms with van der Waals surface area (Å²) in [6.45, 7) is 0. The summed E-state index contributed by atoms with van der Waals surface area (Å²) in [7, 11) is 0. The van der Waals surface area contributed by atoms with Gasteiger partial charge in [0.2, 0.25) is 0 Å². The Morgan fingerprint density at radius 3 is 3.00 bits per heavy atom. The monoisotopic (exact) mass is 310 g/mol. The quantitative estimate of drug-likeness (QED) is 0.553. The molecule has 0 radical (unpaired) electrons. The summed E-state index contributed by atoms with van der Waals surface area (Å²) >= 11 is 7.80. The van der Waals surface area contributed by atoms with E-state index in [4.69, 9.17) is 0 Å². The molecular weight excluding hydrogens is 306 g/mol. The van der Waals surface area contributed by atoms with Crippen LogP contribution in [0.5, 0.6) is 0 Å². The van der Waals surface area contributed by atoms with E-state index in [1.54, 1.807) is 11.3 Å². The molecule has 0 unspecified atom stereocenters. The van der Waals surface area contributed by atoms with Crippen molar-refractivity contribution in [2.24, 2.45) is 0 Å². The van der Waals surface area contributed by atoms with E-state index in [-0.39, 0.29) is 5.82 Å². The molecule has 0 saturated heterocycles. The van der Waals surface area contributed by atoms with E-state index in [9.17, 15) is 4.39 Å². The summed E-state index contributed by atoms with van der Waals surface area (Å²) in [5.74, 6) is -0.188. The van der Waals surface area contributed by atoms with E-state index in [0.29, 0.717) is 3.57 Å². The maximum atomic E-state index is 13.1. The highest BCUT2D eigenvalue weighted by Crippen LogP contribution is 2.32. The van der Waals surface area contributed by atoms with Crippen molar-refractivity contribution < 1.29 is 4.39 Å². The van der Waals surface area contributed by atoms with Gasteiger partial charge in [-0.25, -0.2) is 4.39 Å². The molecule has 0 bridgehead atoms. The number of fused-ring (bicyclic) bond motifs is 1. The highest BCUT2D eigenvalue weighted by molar-refractivity contribution is 14.1. The van der Waals surface area contributed by atoms with Crippen LogP contribution < -0.4 is 0 Å². The van der Waals surface area contributed by atoms with E-state index in [1.807, 2.05) is 34.0 Å². The van der Waals surface area contributed by atoms with Gasteiger partial charge in [0, 0.05) is 15.0 Å². The minimum absolute atomic E-state index is 0.188. The summed E-state index contributed by atoms with van der Waals surface area (Å²) < 4.78 is 14.9. The van der Waals surface area contributed by atoms with Crippen molar-refractivity contribution in [2.45, 2.75) is 4.90 Å². The Kier molecular flexibility index (Phi) is 2.31.